The van der Waals surface area contributed by atoms with E-state index in [9.17, 15) is 9.90 Å². The molecule has 138 valence electrons. The van der Waals surface area contributed by atoms with Crippen LogP contribution in [0.4, 0.5) is 0 Å². The van der Waals surface area contributed by atoms with Crippen molar-refractivity contribution in [3.63, 3.8) is 0 Å². The van der Waals surface area contributed by atoms with Crippen molar-refractivity contribution in [1.29, 1.82) is 0 Å². The van der Waals surface area contributed by atoms with Gasteiger partial charge in [-0.25, -0.2) is 4.79 Å². The highest BCUT2D eigenvalue weighted by Gasteiger charge is 2.19. The maximum atomic E-state index is 12.2. The molecule has 1 unspecified atom stereocenters. The van der Waals surface area contributed by atoms with Crippen molar-refractivity contribution in [2.75, 3.05) is 33.4 Å². The molecule has 0 radical (unpaired) electrons. The Kier molecular flexibility index (Phi) is 6.26. The van der Waals surface area contributed by atoms with Crippen LogP contribution in [0.1, 0.15) is 40.4 Å². The Morgan fingerprint density at radius 3 is 2.54 bits per heavy atom. The minimum Gasteiger partial charge on any atom is -0.491 e. The highest BCUT2D eigenvalue weighted by atomic mass is 16.5. The summed E-state index contributed by atoms with van der Waals surface area (Å²) < 4.78 is 10.7. The van der Waals surface area contributed by atoms with E-state index in [-0.39, 0.29) is 0 Å². The predicted octanol–water partition coefficient (Wildman–Crippen LogP) is 3.03. The molecule has 2 aromatic rings. The second-order valence-electron chi connectivity index (χ2n) is 6.46. The summed E-state index contributed by atoms with van der Waals surface area (Å²) >= 11 is 0. The van der Waals surface area contributed by atoms with Crippen LogP contribution in [0.2, 0.25) is 0 Å². The molecule has 5 nitrogen and oxygen atoms in total. The molecule has 1 heterocycles. The van der Waals surface area contributed by atoms with E-state index in [0.717, 1.165) is 25.2 Å². The van der Waals surface area contributed by atoms with Crippen LogP contribution in [0.25, 0.3) is 0 Å². The molecule has 2 aromatic carbocycles. The van der Waals surface area contributed by atoms with E-state index in [0.29, 0.717) is 23.5 Å². The van der Waals surface area contributed by atoms with E-state index in [2.05, 4.69) is 4.90 Å². The van der Waals surface area contributed by atoms with Crippen molar-refractivity contribution in [3.8, 4) is 5.75 Å². The van der Waals surface area contributed by atoms with Gasteiger partial charge in [-0.2, -0.15) is 0 Å². The highest BCUT2D eigenvalue weighted by molar-refractivity contribution is 5.92. The maximum Gasteiger partial charge on any atom is 0.341 e. The van der Waals surface area contributed by atoms with E-state index in [1.807, 2.05) is 30.3 Å². The Morgan fingerprint density at radius 2 is 1.85 bits per heavy atom. The lowest BCUT2D eigenvalue weighted by Gasteiger charge is -2.18. The molecule has 26 heavy (non-hydrogen) atoms. The van der Waals surface area contributed by atoms with Gasteiger partial charge in [-0.1, -0.05) is 36.4 Å². The maximum absolute atomic E-state index is 12.2. The van der Waals surface area contributed by atoms with Gasteiger partial charge in [-0.3, -0.25) is 4.90 Å². The van der Waals surface area contributed by atoms with Crippen molar-refractivity contribution < 1.29 is 19.4 Å². The second-order valence-corrected chi connectivity index (χ2v) is 6.46. The number of rotatable bonds is 7. The summed E-state index contributed by atoms with van der Waals surface area (Å²) in [6.45, 7) is 3.57. The van der Waals surface area contributed by atoms with Gasteiger partial charge in [0.05, 0.1) is 7.11 Å². The average Bonchev–Trinajstić information content (AvgIpc) is 3.21. The Labute approximate surface area is 154 Å². The lowest BCUT2D eigenvalue weighted by atomic mass is 9.99. The van der Waals surface area contributed by atoms with Gasteiger partial charge in [0.15, 0.2) is 0 Å². The molecular formula is C21H25NO4. The van der Waals surface area contributed by atoms with Crippen LogP contribution < -0.4 is 4.74 Å². The third kappa shape index (κ3) is 4.42. The minimum absolute atomic E-state index is 0.335. The van der Waals surface area contributed by atoms with Gasteiger partial charge in [-0.15, -0.1) is 0 Å². The first kappa shape index (κ1) is 18.4. The SMILES string of the molecule is COC(=O)c1cc(C(O)c2ccccc2)ccc1OCCN1CCCC1. The van der Waals surface area contributed by atoms with E-state index in [1.165, 1.54) is 20.0 Å². The van der Waals surface area contributed by atoms with Crippen LogP contribution >= 0.6 is 0 Å². The number of nitrogens with zero attached hydrogens (tertiary/aromatic N) is 1. The molecular weight excluding hydrogens is 330 g/mol. The van der Waals surface area contributed by atoms with Gasteiger partial charge in [0.1, 0.15) is 24.0 Å². The molecule has 1 N–H and O–H groups in total. The summed E-state index contributed by atoms with van der Waals surface area (Å²) in [6, 6.07) is 14.5. The van der Waals surface area contributed by atoms with Gasteiger partial charge in [0.25, 0.3) is 0 Å². The van der Waals surface area contributed by atoms with E-state index < -0.39 is 12.1 Å². The molecule has 1 atom stereocenters. The van der Waals surface area contributed by atoms with Crippen molar-refractivity contribution in [3.05, 3.63) is 65.2 Å². The summed E-state index contributed by atoms with van der Waals surface area (Å²) in [4.78, 5) is 14.5. The monoisotopic (exact) mass is 355 g/mol. The minimum atomic E-state index is -0.807. The third-order valence-corrected chi connectivity index (χ3v) is 4.70. The smallest absolute Gasteiger partial charge is 0.341 e. The van der Waals surface area contributed by atoms with Gasteiger partial charge in [-0.05, 0) is 49.2 Å². The van der Waals surface area contributed by atoms with Crippen molar-refractivity contribution >= 4 is 5.97 Å². The Morgan fingerprint density at radius 1 is 1.12 bits per heavy atom. The fourth-order valence-corrected chi connectivity index (χ4v) is 3.23. The number of hydrogen-bond donors (Lipinski definition) is 1. The van der Waals surface area contributed by atoms with Crippen LogP contribution in [0.15, 0.2) is 48.5 Å². The number of esters is 1. The quantitative estimate of drug-likeness (QED) is 0.774. The molecule has 0 amide bonds. The lowest BCUT2D eigenvalue weighted by molar-refractivity contribution is 0.0595. The number of ether oxygens (including phenoxy) is 2. The molecule has 3 rings (SSSR count). The van der Waals surface area contributed by atoms with Gasteiger partial charge < -0.3 is 14.6 Å². The fraction of sp³-hybridized carbons (Fsp3) is 0.381. The Hall–Kier alpha value is -2.37. The molecule has 0 spiro atoms. The molecule has 1 aliphatic rings. The van der Waals surface area contributed by atoms with Crippen molar-refractivity contribution in [2.45, 2.75) is 18.9 Å². The second kappa shape index (κ2) is 8.83. The largest absolute Gasteiger partial charge is 0.491 e. The summed E-state index contributed by atoms with van der Waals surface area (Å²) in [7, 11) is 1.34. The molecule has 0 bridgehead atoms. The summed E-state index contributed by atoms with van der Waals surface area (Å²) in [6.07, 6.45) is 1.66. The molecule has 0 saturated carbocycles. The zero-order valence-corrected chi connectivity index (χ0v) is 15.1. The third-order valence-electron chi connectivity index (χ3n) is 4.70. The number of aliphatic hydroxyl groups excluding tert-OH is 1. The molecule has 1 saturated heterocycles. The van der Waals surface area contributed by atoms with Crippen molar-refractivity contribution in [2.24, 2.45) is 0 Å². The number of carbonyl (C=O) groups is 1. The zero-order chi connectivity index (χ0) is 18.4. The topological polar surface area (TPSA) is 59.0 Å². The zero-order valence-electron chi connectivity index (χ0n) is 15.1. The van der Waals surface area contributed by atoms with Crippen LogP contribution in [0.5, 0.6) is 5.75 Å². The van der Waals surface area contributed by atoms with E-state index in [1.54, 1.807) is 18.2 Å². The first-order chi connectivity index (χ1) is 12.7. The van der Waals surface area contributed by atoms with Crippen LogP contribution in [-0.2, 0) is 4.74 Å². The first-order valence-electron chi connectivity index (χ1n) is 8.99. The molecule has 1 fully saturated rings. The number of aliphatic hydroxyl groups is 1. The Balaban J connectivity index is 1.75. The number of likely N-dealkylation sites (tertiary alicyclic amines) is 1. The number of methoxy groups -OCH3 is 1. The average molecular weight is 355 g/mol. The molecule has 0 aromatic heterocycles. The first-order valence-corrected chi connectivity index (χ1v) is 8.99. The predicted molar refractivity (Wildman–Crippen MR) is 99.5 cm³/mol. The normalized spacial score (nSPS) is 15.6. The van der Waals surface area contributed by atoms with Gasteiger partial charge in [0, 0.05) is 6.54 Å². The summed E-state index contributed by atoms with van der Waals surface area (Å²) in [5.41, 5.74) is 1.73. The summed E-state index contributed by atoms with van der Waals surface area (Å²) in [5, 5.41) is 10.6. The number of carbonyl (C=O) groups excluding carboxylic acids is 1. The van der Waals surface area contributed by atoms with E-state index in [4.69, 9.17) is 9.47 Å². The molecule has 5 heteroatoms. The molecule has 0 aliphatic carbocycles. The van der Waals surface area contributed by atoms with E-state index >= 15 is 0 Å². The molecule has 1 aliphatic heterocycles. The fourth-order valence-electron chi connectivity index (χ4n) is 3.23. The van der Waals surface area contributed by atoms with Crippen molar-refractivity contribution in [1.82, 2.24) is 4.90 Å². The highest BCUT2D eigenvalue weighted by Crippen LogP contribution is 2.28. The van der Waals surface area contributed by atoms with Gasteiger partial charge in [0.2, 0.25) is 0 Å². The Bertz CT molecular complexity index is 726. The van der Waals surface area contributed by atoms with Crippen LogP contribution in [0.3, 0.4) is 0 Å². The van der Waals surface area contributed by atoms with Gasteiger partial charge >= 0.3 is 5.97 Å². The number of hydrogen-bond acceptors (Lipinski definition) is 5. The van der Waals surface area contributed by atoms with Crippen LogP contribution in [-0.4, -0.2) is 49.3 Å². The number of benzene rings is 2. The van der Waals surface area contributed by atoms with Crippen LogP contribution in [0, 0.1) is 0 Å². The summed E-state index contributed by atoms with van der Waals surface area (Å²) in [5.74, 6) is 0.0170. The lowest BCUT2D eigenvalue weighted by Crippen LogP contribution is -2.25. The standard InChI is InChI=1S/C21H25NO4/c1-25-21(24)18-15-17(20(23)16-7-3-2-4-8-16)9-10-19(18)26-14-13-22-11-5-6-12-22/h2-4,7-10,15,20,23H,5-6,11-14H2,1H3.